The second-order valence-corrected chi connectivity index (χ2v) is 6.40. The quantitative estimate of drug-likeness (QED) is 0.855. The van der Waals surface area contributed by atoms with Crippen LogP contribution in [0.5, 0.6) is 0 Å². The summed E-state index contributed by atoms with van der Waals surface area (Å²) in [6.07, 6.45) is 5.70. The van der Waals surface area contributed by atoms with E-state index in [9.17, 15) is 9.59 Å². The van der Waals surface area contributed by atoms with Crippen LogP contribution >= 0.6 is 0 Å². The minimum atomic E-state index is -0.525. The number of nitrogens with zero attached hydrogens (tertiary/aromatic N) is 2. The molecule has 6 heteroatoms. The van der Waals surface area contributed by atoms with Crippen molar-refractivity contribution in [1.29, 1.82) is 0 Å². The largest absolute Gasteiger partial charge is 0.458 e. The minimum absolute atomic E-state index is 0.0535. The number of rotatable bonds is 4. The van der Waals surface area contributed by atoms with Crippen LogP contribution in [-0.4, -0.2) is 33.6 Å². The number of hydrogen-bond acceptors (Lipinski definition) is 4. The standard InChI is InChI=1S/C16H23N3O3/c1-11-12(2)19(10-18-11)8-7-17-15(21)13-9-14(20)22-16(13)5-3-4-6-16/h10,13H,3-9H2,1-2H3,(H,17,21). The van der Waals surface area contributed by atoms with Gasteiger partial charge in [0, 0.05) is 18.8 Å². The van der Waals surface area contributed by atoms with Gasteiger partial charge in [-0.3, -0.25) is 9.59 Å². The fourth-order valence-electron chi connectivity index (χ4n) is 3.64. The van der Waals surface area contributed by atoms with E-state index in [1.165, 1.54) is 0 Å². The summed E-state index contributed by atoms with van der Waals surface area (Å²) < 4.78 is 7.54. The van der Waals surface area contributed by atoms with E-state index in [1.807, 2.05) is 18.4 Å². The highest BCUT2D eigenvalue weighted by atomic mass is 16.6. The summed E-state index contributed by atoms with van der Waals surface area (Å²) in [5.74, 6) is -0.613. The van der Waals surface area contributed by atoms with E-state index in [0.29, 0.717) is 13.1 Å². The van der Waals surface area contributed by atoms with Crippen LogP contribution in [0, 0.1) is 19.8 Å². The van der Waals surface area contributed by atoms with Gasteiger partial charge >= 0.3 is 5.97 Å². The van der Waals surface area contributed by atoms with E-state index in [4.69, 9.17) is 4.74 Å². The van der Waals surface area contributed by atoms with Crippen molar-refractivity contribution < 1.29 is 14.3 Å². The molecular weight excluding hydrogens is 282 g/mol. The van der Waals surface area contributed by atoms with Gasteiger partial charge in [0.1, 0.15) is 5.60 Å². The lowest BCUT2D eigenvalue weighted by atomic mass is 9.85. The Morgan fingerprint density at radius 1 is 1.45 bits per heavy atom. The molecule has 22 heavy (non-hydrogen) atoms. The number of carbonyl (C=O) groups is 2. The van der Waals surface area contributed by atoms with Crippen molar-refractivity contribution >= 4 is 11.9 Å². The van der Waals surface area contributed by atoms with Crippen LogP contribution in [0.4, 0.5) is 0 Å². The van der Waals surface area contributed by atoms with Crippen molar-refractivity contribution in [3.63, 3.8) is 0 Å². The third kappa shape index (κ3) is 2.62. The van der Waals surface area contributed by atoms with Gasteiger partial charge in [0.2, 0.25) is 5.91 Å². The molecule has 2 fully saturated rings. The van der Waals surface area contributed by atoms with Gasteiger partial charge < -0.3 is 14.6 Å². The van der Waals surface area contributed by atoms with Crippen LogP contribution in [-0.2, 0) is 20.9 Å². The molecule has 1 aromatic heterocycles. The topological polar surface area (TPSA) is 73.2 Å². The number of aromatic nitrogens is 2. The van der Waals surface area contributed by atoms with Crippen LogP contribution < -0.4 is 5.32 Å². The summed E-state index contributed by atoms with van der Waals surface area (Å²) in [5.41, 5.74) is 1.59. The number of esters is 1. The summed E-state index contributed by atoms with van der Waals surface area (Å²) in [4.78, 5) is 28.4. The predicted octanol–water partition coefficient (Wildman–Crippen LogP) is 1.49. The molecular formula is C16H23N3O3. The fourth-order valence-corrected chi connectivity index (χ4v) is 3.64. The fraction of sp³-hybridized carbons (Fsp3) is 0.688. The SMILES string of the molecule is Cc1ncn(CCNC(=O)C2CC(=O)OC23CCCC3)c1C. The maximum absolute atomic E-state index is 12.5. The second kappa shape index (κ2) is 5.74. The third-order valence-electron chi connectivity index (χ3n) is 5.09. The maximum atomic E-state index is 12.5. The zero-order chi connectivity index (χ0) is 15.7. The molecule has 120 valence electrons. The van der Waals surface area contributed by atoms with E-state index in [2.05, 4.69) is 10.3 Å². The van der Waals surface area contributed by atoms with Gasteiger partial charge in [0.05, 0.1) is 24.4 Å². The van der Waals surface area contributed by atoms with E-state index in [-0.39, 0.29) is 24.2 Å². The molecule has 1 saturated heterocycles. The number of hydrogen-bond donors (Lipinski definition) is 1. The van der Waals surface area contributed by atoms with Crippen molar-refractivity contribution in [2.24, 2.45) is 5.92 Å². The molecule has 3 rings (SSSR count). The predicted molar refractivity (Wildman–Crippen MR) is 80.1 cm³/mol. The highest BCUT2D eigenvalue weighted by Gasteiger charge is 2.53. The molecule has 1 spiro atoms. The monoisotopic (exact) mass is 305 g/mol. The normalized spacial score (nSPS) is 23.0. The lowest BCUT2D eigenvalue weighted by Gasteiger charge is -2.27. The number of nitrogens with one attached hydrogen (secondary N) is 1. The molecule has 1 aromatic rings. The Balaban J connectivity index is 1.57. The average Bonchev–Trinajstić information content (AvgIpc) is 3.16. The minimum Gasteiger partial charge on any atom is -0.458 e. The Morgan fingerprint density at radius 2 is 2.18 bits per heavy atom. The molecule has 1 aliphatic carbocycles. The highest BCUT2D eigenvalue weighted by Crippen LogP contribution is 2.45. The van der Waals surface area contributed by atoms with Gasteiger partial charge in [0.25, 0.3) is 0 Å². The average molecular weight is 305 g/mol. The molecule has 2 aliphatic rings. The number of carbonyl (C=O) groups excluding carboxylic acids is 2. The van der Waals surface area contributed by atoms with Crippen molar-refractivity contribution in [2.45, 2.75) is 58.1 Å². The number of amides is 1. The van der Waals surface area contributed by atoms with Gasteiger partial charge in [-0.05, 0) is 39.5 Å². The number of ether oxygens (including phenoxy) is 1. The van der Waals surface area contributed by atoms with E-state index in [0.717, 1.165) is 37.1 Å². The summed E-state index contributed by atoms with van der Waals surface area (Å²) in [6.45, 7) is 5.21. The summed E-state index contributed by atoms with van der Waals surface area (Å²) in [7, 11) is 0. The van der Waals surface area contributed by atoms with Crippen molar-refractivity contribution in [2.75, 3.05) is 6.54 Å². The summed E-state index contributed by atoms with van der Waals surface area (Å²) in [5, 5.41) is 2.96. The lowest BCUT2D eigenvalue weighted by Crippen LogP contribution is -2.43. The summed E-state index contributed by atoms with van der Waals surface area (Å²) >= 11 is 0. The van der Waals surface area contributed by atoms with Crippen molar-refractivity contribution in [3.8, 4) is 0 Å². The van der Waals surface area contributed by atoms with Crippen LogP contribution in [0.15, 0.2) is 6.33 Å². The van der Waals surface area contributed by atoms with Gasteiger partial charge in [0.15, 0.2) is 0 Å². The first-order valence-corrected chi connectivity index (χ1v) is 8.00. The summed E-state index contributed by atoms with van der Waals surface area (Å²) in [6, 6.07) is 0. The Labute approximate surface area is 130 Å². The zero-order valence-electron chi connectivity index (χ0n) is 13.2. The first-order chi connectivity index (χ1) is 10.5. The van der Waals surface area contributed by atoms with Crippen LogP contribution in [0.1, 0.15) is 43.5 Å². The number of aryl methyl sites for hydroxylation is 1. The molecule has 2 heterocycles. The van der Waals surface area contributed by atoms with Gasteiger partial charge in [-0.2, -0.15) is 0 Å². The molecule has 1 N–H and O–H groups in total. The maximum Gasteiger partial charge on any atom is 0.307 e. The first kappa shape index (κ1) is 15.1. The van der Waals surface area contributed by atoms with Crippen molar-refractivity contribution in [3.05, 3.63) is 17.7 Å². The molecule has 0 bridgehead atoms. The Kier molecular flexibility index (Phi) is 3.93. The lowest BCUT2D eigenvalue weighted by molar-refractivity contribution is -0.149. The van der Waals surface area contributed by atoms with Crippen LogP contribution in [0.25, 0.3) is 0 Å². The van der Waals surface area contributed by atoms with Crippen LogP contribution in [0.3, 0.4) is 0 Å². The molecule has 1 aliphatic heterocycles. The second-order valence-electron chi connectivity index (χ2n) is 6.40. The number of imidazole rings is 1. The molecule has 1 saturated carbocycles. The van der Waals surface area contributed by atoms with Crippen molar-refractivity contribution in [1.82, 2.24) is 14.9 Å². The molecule has 1 amide bonds. The smallest absolute Gasteiger partial charge is 0.307 e. The van der Waals surface area contributed by atoms with Gasteiger partial charge in [-0.25, -0.2) is 4.98 Å². The Bertz CT molecular complexity index is 587. The van der Waals surface area contributed by atoms with E-state index in [1.54, 1.807) is 6.33 Å². The molecule has 0 aromatic carbocycles. The van der Waals surface area contributed by atoms with E-state index < -0.39 is 5.60 Å². The molecule has 1 atom stereocenters. The highest BCUT2D eigenvalue weighted by molar-refractivity contribution is 5.87. The molecule has 6 nitrogen and oxygen atoms in total. The van der Waals surface area contributed by atoms with Crippen LogP contribution in [0.2, 0.25) is 0 Å². The Hall–Kier alpha value is -1.85. The molecule has 0 radical (unpaired) electrons. The third-order valence-corrected chi connectivity index (χ3v) is 5.09. The Morgan fingerprint density at radius 3 is 2.82 bits per heavy atom. The first-order valence-electron chi connectivity index (χ1n) is 8.00. The van der Waals surface area contributed by atoms with Gasteiger partial charge in [-0.1, -0.05) is 0 Å². The van der Waals surface area contributed by atoms with Gasteiger partial charge in [-0.15, -0.1) is 0 Å². The van der Waals surface area contributed by atoms with E-state index >= 15 is 0 Å². The zero-order valence-corrected chi connectivity index (χ0v) is 13.2. The molecule has 1 unspecified atom stereocenters.